The Labute approximate surface area is 195 Å². The van der Waals surface area contributed by atoms with Crippen LogP contribution in [0.3, 0.4) is 0 Å². The second kappa shape index (κ2) is 10.2. The van der Waals surface area contributed by atoms with E-state index in [1.807, 2.05) is 6.07 Å². The van der Waals surface area contributed by atoms with E-state index in [0.717, 1.165) is 11.1 Å². The fraction of sp³-hybridized carbons (Fsp3) is 0.120. The van der Waals surface area contributed by atoms with Crippen molar-refractivity contribution in [3.05, 3.63) is 107 Å². The van der Waals surface area contributed by atoms with E-state index in [-0.39, 0.29) is 18.3 Å². The topological polar surface area (TPSA) is 65.4 Å². The van der Waals surface area contributed by atoms with E-state index in [1.54, 1.807) is 72.6 Å². The third-order valence-corrected chi connectivity index (χ3v) is 5.12. The standard InChI is InChI=1S/C25H21ClFN3O3/c1-32-23-10-5-18(14-19(23)16-33-22-8-6-20(26)7-9-22)25(31)28-24-11-12-30(29-24)15-17-3-2-4-21(27)13-17/h2-14H,15-16H2,1H3,(H,28,29,31). The number of aromatic nitrogens is 2. The number of carbonyl (C=O) groups excluding carboxylic acids is 1. The zero-order valence-corrected chi connectivity index (χ0v) is 18.6. The highest BCUT2D eigenvalue weighted by molar-refractivity contribution is 6.30. The third-order valence-electron chi connectivity index (χ3n) is 4.87. The van der Waals surface area contributed by atoms with Crippen LogP contribution < -0.4 is 14.8 Å². The maximum absolute atomic E-state index is 13.4. The lowest BCUT2D eigenvalue weighted by Crippen LogP contribution is -2.14. The van der Waals surface area contributed by atoms with Crippen molar-refractivity contribution in [1.82, 2.24) is 9.78 Å². The Morgan fingerprint density at radius 2 is 1.91 bits per heavy atom. The monoisotopic (exact) mass is 465 g/mol. The number of amides is 1. The van der Waals surface area contributed by atoms with Crippen molar-refractivity contribution in [2.75, 3.05) is 12.4 Å². The SMILES string of the molecule is COc1ccc(C(=O)Nc2ccn(Cc3cccc(F)c3)n2)cc1COc1ccc(Cl)cc1. The molecule has 0 atom stereocenters. The van der Waals surface area contributed by atoms with Gasteiger partial charge in [-0.05, 0) is 60.2 Å². The summed E-state index contributed by atoms with van der Waals surface area (Å²) in [5.41, 5.74) is 1.93. The van der Waals surface area contributed by atoms with Crippen LogP contribution in [0.2, 0.25) is 5.02 Å². The van der Waals surface area contributed by atoms with Crippen LogP contribution in [-0.4, -0.2) is 22.8 Å². The van der Waals surface area contributed by atoms with E-state index in [1.165, 1.54) is 12.1 Å². The molecule has 0 radical (unpaired) electrons. The highest BCUT2D eigenvalue weighted by Gasteiger charge is 2.13. The molecule has 3 aromatic carbocycles. The smallest absolute Gasteiger partial charge is 0.256 e. The van der Waals surface area contributed by atoms with Crippen molar-refractivity contribution in [1.29, 1.82) is 0 Å². The molecular weight excluding hydrogens is 445 g/mol. The Hall–Kier alpha value is -3.84. The first kappa shape index (κ1) is 22.4. The lowest BCUT2D eigenvalue weighted by Gasteiger charge is -2.12. The maximum atomic E-state index is 13.4. The van der Waals surface area contributed by atoms with Crippen molar-refractivity contribution in [3.63, 3.8) is 0 Å². The predicted molar refractivity (Wildman–Crippen MR) is 124 cm³/mol. The summed E-state index contributed by atoms with van der Waals surface area (Å²) in [5.74, 6) is 1.04. The molecule has 0 aliphatic rings. The molecule has 0 bridgehead atoms. The van der Waals surface area contributed by atoms with Gasteiger partial charge in [-0.25, -0.2) is 4.39 Å². The van der Waals surface area contributed by atoms with Crippen LogP contribution in [-0.2, 0) is 13.2 Å². The number of rotatable bonds is 8. The fourth-order valence-corrected chi connectivity index (χ4v) is 3.38. The van der Waals surface area contributed by atoms with Gasteiger partial charge in [0.2, 0.25) is 0 Å². The highest BCUT2D eigenvalue weighted by atomic mass is 35.5. The lowest BCUT2D eigenvalue weighted by molar-refractivity contribution is 0.102. The third kappa shape index (κ3) is 5.90. The summed E-state index contributed by atoms with van der Waals surface area (Å²) in [6.07, 6.45) is 1.72. The summed E-state index contributed by atoms with van der Waals surface area (Å²) >= 11 is 5.91. The number of hydrogen-bond acceptors (Lipinski definition) is 4. The predicted octanol–water partition coefficient (Wildman–Crippen LogP) is 5.56. The summed E-state index contributed by atoms with van der Waals surface area (Å²) in [6.45, 7) is 0.608. The Morgan fingerprint density at radius 1 is 1.09 bits per heavy atom. The molecule has 1 N–H and O–H groups in total. The van der Waals surface area contributed by atoms with Gasteiger partial charge in [-0.3, -0.25) is 9.48 Å². The van der Waals surface area contributed by atoms with Gasteiger partial charge < -0.3 is 14.8 Å². The Bertz CT molecular complexity index is 1260. The van der Waals surface area contributed by atoms with Crippen LogP contribution in [0.5, 0.6) is 11.5 Å². The molecule has 0 saturated carbocycles. The molecule has 0 unspecified atom stereocenters. The van der Waals surface area contributed by atoms with Gasteiger partial charge in [-0.1, -0.05) is 23.7 Å². The maximum Gasteiger partial charge on any atom is 0.256 e. The van der Waals surface area contributed by atoms with Crippen LogP contribution in [0.25, 0.3) is 0 Å². The molecule has 0 fully saturated rings. The van der Waals surface area contributed by atoms with Gasteiger partial charge in [0.15, 0.2) is 5.82 Å². The zero-order chi connectivity index (χ0) is 23.2. The summed E-state index contributed by atoms with van der Waals surface area (Å²) in [7, 11) is 1.56. The molecule has 1 aromatic heterocycles. The molecule has 0 spiro atoms. The first-order chi connectivity index (χ1) is 16.0. The van der Waals surface area contributed by atoms with Gasteiger partial charge >= 0.3 is 0 Å². The van der Waals surface area contributed by atoms with Crippen molar-refractivity contribution in [2.24, 2.45) is 0 Å². The number of carbonyl (C=O) groups is 1. The van der Waals surface area contributed by atoms with E-state index in [4.69, 9.17) is 21.1 Å². The summed E-state index contributed by atoms with van der Waals surface area (Å²) in [6, 6.07) is 20.1. The van der Waals surface area contributed by atoms with Crippen LogP contribution in [0.1, 0.15) is 21.5 Å². The second-order valence-corrected chi connectivity index (χ2v) is 7.69. The van der Waals surface area contributed by atoms with E-state index in [0.29, 0.717) is 34.4 Å². The number of anilines is 1. The number of halogens is 2. The van der Waals surface area contributed by atoms with Gasteiger partial charge in [0, 0.05) is 28.4 Å². The van der Waals surface area contributed by atoms with Crippen LogP contribution in [0.15, 0.2) is 79.0 Å². The zero-order valence-electron chi connectivity index (χ0n) is 17.8. The Balaban J connectivity index is 1.43. The minimum atomic E-state index is -0.318. The average molecular weight is 466 g/mol. The Kier molecular flexibility index (Phi) is 6.90. The van der Waals surface area contributed by atoms with Gasteiger partial charge in [0.05, 0.1) is 13.7 Å². The molecule has 4 rings (SSSR count). The number of nitrogens with one attached hydrogen (secondary N) is 1. The molecule has 168 valence electrons. The second-order valence-electron chi connectivity index (χ2n) is 7.25. The molecule has 33 heavy (non-hydrogen) atoms. The molecule has 0 saturated heterocycles. The average Bonchev–Trinajstić information content (AvgIpc) is 3.25. The number of ether oxygens (including phenoxy) is 2. The summed E-state index contributed by atoms with van der Waals surface area (Å²) in [4.78, 5) is 12.8. The molecule has 8 heteroatoms. The van der Waals surface area contributed by atoms with Crippen molar-refractivity contribution in [3.8, 4) is 11.5 Å². The van der Waals surface area contributed by atoms with E-state index in [9.17, 15) is 9.18 Å². The van der Waals surface area contributed by atoms with Gasteiger partial charge in [0.25, 0.3) is 5.91 Å². The molecule has 1 heterocycles. The molecule has 4 aromatic rings. The van der Waals surface area contributed by atoms with E-state index in [2.05, 4.69) is 10.4 Å². The van der Waals surface area contributed by atoms with Crippen molar-refractivity contribution < 1.29 is 18.7 Å². The number of nitrogens with zero attached hydrogens (tertiary/aromatic N) is 2. The number of hydrogen-bond donors (Lipinski definition) is 1. The van der Waals surface area contributed by atoms with Crippen LogP contribution in [0.4, 0.5) is 10.2 Å². The minimum Gasteiger partial charge on any atom is -0.496 e. The van der Waals surface area contributed by atoms with Crippen LogP contribution >= 0.6 is 11.6 Å². The van der Waals surface area contributed by atoms with Gasteiger partial charge in [0.1, 0.15) is 23.9 Å². The molecule has 6 nitrogen and oxygen atoms in total. The lowest BCUT2D eigenvalue weighted by atomic mass is 10.1. The quantitative estimate of drug-likeness (QED) is 0.370. The summed E-state index contributed by atoms with van der Waals surface area (Å²) < 4.78 is 26.2. The van der Waals surface area contributed by atoms with Gasteiger partial charge in [-0.15, -0.1) is 0 Å². The Morgan fingerprint density at radius 3 is 2.67 bits per heavy atom. The highest BCUT2D eigenvalue weighted by Crippen LogP contribution is 2.23. The number of benzene rings is 3. The molecule has 1 amide bonds. The molecule has 0 aliphatic heterocycles. The largest absolute Gasteiger partial charge is 0.496 e. The van der Waals surface area contributed by atoms with Crippen molar-refractivity contribution in [2.45, 2.75) is 13.2 Å². The number of methoxy groups -OCH3 is 1. The minimum absolute atomic E-state index is 0.216. The van der Waals surface area contributed by atoms with Crippen molar-refractivity contribution >= 4 is 23.3 Å². The van der Waals surface area contributed by atoms with Gasteiger partial charge in [-0.2, -0.15) is 5.10 Å². The van der Waals surface area contributed by atoms with E-state index >= 15 is 0 Å². The fourth-order valence-electron chi connectivity index (χ4n) is 3.25. The first-order valence-corrected chi connectivity index (χ1v) is 10.5. The normalized spacial score (nSPS) is 10.6. The molecule has 0 aliphatic carbocycles. The summed E-state index contributed by atoms with van der Waals surface area (Å²) in [5, 5.41) is 7.74. The molecular formula is C25H21ClFN3O3. The van der Waals surface area contributed by atoms with E-state index < -0.39 is 0 Å². The first-order valence-electron chi connectivity index (χ1n) is 10.1. The van der Waals surface area contributed by atoms with Crippen LogP contribution in [0, 0.1) is 5.82 Å².